The molecular formula is C23H17N5O3S2. The van der Waals surface area contributed by atoms with E-state index >= 15 is 0 Å². The molecule has 1 aliphatic heterocycles. The number of carbonyl (C=O) groups is 1. The number of nitrogens with zero attached hydrogens (tertiary/aromatic N) is 5. The normalized spacial score (nSPS) is 13.0. The molecule has 4 aromatic rings. The highest BCUT2D eigenvalue weighted by molar-refractivity contribution is 7.99. The Morgan fingerprint density at radius 2 is 2.03 bits per heavy atom. The molecule has 164 valence electrons. The van der Waals surface area contributed by atoms with Gasteiger partial charge in [-0.3, -0.25) is 9.36 Å². The molecule has 1 atom stereocenters. The van der Waals surface area contributed by atoms with Crippen molar-refractivity contribution >= 4 is 28.9 Å². The Balaban J connectivity index is 1.45. The van der Waals surface area contributed by atoms with Crippen LogP contribution in [0, 0.1) is 18.3 Å². The summed E-state index contributed by atoms with van der Waals surface area (Å²) in [6.45, 7) is 2.03. The largest absolute Gasteiger partial charge is 0.454 e. The molecule has 0 N–H and O–H groups in total. The van der Waals surface area contributed by atoms with Crippen LogP contribution in [0.2, 0.25) is 0 Å². The molecule has 0 unspecified atom stereocenters. The number of thioether (sulfide) groups is 1. The van der Waals surface area contributed by atoms with E-state index in [1.807, 2.05) is 65.4 Å². The summed E-state index contributed by atoms with van der Waals surface area (Å²) in [6, 6.07) is 17.4. The van der Waals surface area contributed by atoms with Crippen LogP contribution in [0.25, 0.3) is 17.1 Å². The highest BCUT2D eigenvalue weighted by Crippen LogP contribution is 2.37. The molecule has 8 nitrogen and oxygen atoms in total. The molecule has 2 aromatic carbocycles. The quantitative estimate of drug-likeness (QED) is 0.363. The number of para-hydroxylation sites is 1. The second-order valence-electron chi connectivity index (χ2n) is 7.19. The molecule has 0 amide bonds. The number of carbonyl (C=O) groups excluding carboxylic acids is 1. The first-order chi connectivity index (χ1) is 16.1. The third-order valence-corrected chi connectivity index (χ3v) is 6.94. The summed E-state index contributed by atoms with van der Waals surface area (Å²) >= 11 is 2.57. The zero-order valence-electron chi connectivity index (χ0n) is 17.5. The first-order valence-corrected chi connectivity index (χ1v) is 11.9. The van der Waals surface area contributed by atoms with Gasteiger partial charge in [0.15, 0.2) is 34.2 Å². The van der Waals surface area contributed by atoms with Crippen LogP contribution in [-0.4, -0.2) is 38.1 Å². The van der Waals surface area contributed by atoms with Crippen LogP contribution in [0.15, 0.2) is 59.1 Å². The van der Waals surface area contributed by atoms with E-state index in [2.05, 4.69) is 21.3 Å². The van der Waals surface area contributed by atoms with Crippen molar-refractivity contribution in [2.24, 2.45) is 0 Å². The zero-order chi connectivity index (χ0) is 22.8. The van der Waals surface area contributed by atoms with E-state index in [1.54, 1.807) is 0 Å². The van der Waals surface area contributed by atoms with Crippen LogP contribution >= 0.6 is 23.1 Å². The molecule has 0 bridgehead atoms. The molecule has 0 spiro atoms. The monoisotopic (exact) mass is 475 g/mol. The van der Waals surface area contributed by atoms with Gasteiger partial charge in [-0.2, -0.15) is 5.26 Å². The predicted octanol–water partition coefficient (Wildman–Crippen LogP) is 4.40. The number of ketones is 1. The second kappa shape index (κ2) is 9.05. The topological polar surface area (TPSA) is 103 Å². The Bertz CT molecular complexity index is 1360. The SMILES string of the molecule is Cc1csc([C@@H](C#N)C(=O)CSc2nnc(-c3ccc4c(c3)OCO4)n2-c2ccccc2)n1. The first kappa shape index (κ1) is 21.2. The minimum absolute atomic E-state index is 0.0724. The van der Waals surface area contributed by atoms with Gasteiger partial charge >= 0.3 is 0 Å². The van der Waals surface area contributed by atoms with E-state index in [9.17, 15) is 10.1 Å². The number of hydrogen-bond acceptors (Lipinski definition) is 9. The standard InChI is InChI=1S/C23H17N5O3S2/c1-14-11-32-22(25-14)17(10-24)18(29)12-33-23-27-26-21(28(23)16-5-3-2-4-6-16)15-7-8-19-20(9-15)31-13-30-19/h2-9,11,17H,12-13H2,1H3/t17-/m0/s1. The Labute approximate surface area is 197 Å². The van der Waals surface area contributed by atoms with Crippen molar-refractivity contribution in [1.82, 2.24) is 19.7 Å². The van der Waals surface area contributed by atoms with Crippen LogP contribution in [0.5, 0.6) is 11.5 Å². The molecule has 0 radical (unpaired) electrons. The zero-order valence-corrected chi connectivity index (χ0v) is 19.1. The molecule has 0 fully saturated rings. The minimum Gasteiger partial charge on any atom is -0.454 e. The lowest BCUT2D eigenvalue weighted by molar-refractivity contribution is -0.116. The molecule has 2 aromatic heterocycles. The smallest absolute Gasteiger partial charge is 0.231 e. The number of Topliss-reactive ketones (excluding diaryl/α,β-unsaturated/α-hetero) is 1. The summed E-state index contributed by atoms with van der Waals surface area (Å²) in [5.74, 6) is 0.909. The van der Waals surface area contributed by atoms with E-state index in [4.69, 9.17) is 9.47 Å². The minimum atomic E-state index is -0.891. The maximum absolute atomic E-state index is 12.8. The lowest BCUT2D eigenvalue weighted by Crippen LogP contribution is -2.13. The third-order valence-electron chi connectivity index (χ3n) is 4.96. The van der Waals surface area contributed by atoms with Crippen LogP contribution in [0.1, 0.15) is 16.6 Å². The van der Waals surface area contributed by atoms with Gasteiger partial charge in [-0.05, 0) is 37.3 Å². The van der Waals surface area contributed by atoms with Gasteiger partial charge < -0.3 is 9.47 Å². The summed E-state index contributed by atoms with van der Waals surface area (Å²) in [5, 5.41) is 21.2. The Morgan fingerprint density at radius 3 is 2.79 bits per heavy atom. The van der Waals surface area contributed by atoms with Crippen molar-refractivity contribution in [1.29, 1.82) is 5.26 Å². The molecule has 0 saturated heterocycles. The molecule has 5 rings (SSSR count). The maximum atomic E-state index is 12.8. The first-order valence-electron chi connectivity index (χ1n) is 10.0. The number of thiazole rings is 1. The van der Waals surface area contributed by atoms with Crippen molar-refractivity contribution in [3.8, 4) is 34.6 Å². The number of aromatic nitrogens is 4. The van der Waals surface area contributed by atoms with Gasteiger partial charge in [0.2, 0.25) is 6.79 Å². The van der Waals surface area contributed by atoms with E-state index in [0.29, 0.717) is 27.5 Å². The Morgan fingerprint density at radius 1 is 1.21 bits per heavy atom. The number of aryl methyl sites for hydroxylation is 1. The van der Waals surface area contributed by atoms with Gasteiger partial charge in [-0.15, -0.1) is 21.5 Å². The average molecular weight is 476 g/mol. The molecule has 1 aliphatic rings. The maximum Gasteiger partial charge on any atom is 0.231 e. The molecule has 10 heteroatoms. The van der Waals surface area contributed by atoms with Gasteiger partial charge in [-0.1, -0.05) is 30.0 Å². The van der Waals surface area contributed by atoms with E-state index in [1.165, 1.54) is 23.1 Å². The van der Waals surface area contributed by atoms with Gasteiger partial charge in [0.25, 0.3) is 0 Å². The van der Waals surface area contributed by atoms with E-state index in [0.717, 1.165) is 16.9 Å². The van der Waals surface area contributed by atoms with Crippen LogP contribution in [0.3, 0.4) is 0 Å². The average Bonchev–Trinajstić information content (AvgIpc) is 3.58. The number of fused-ring (bicyclic) bond motifs is 1. The van der Waals surface area contributed by atoms with Crippen molar-refractivity contribution < 1.29 is 14.3 Å². The Kier molecular flexibility index (Phi) is 5.81. The van der Waals surface area contributed by atoms with Crippen LogP contribution in [0.4, 0.5) is 0 Å². The summed E-state index contributed by atoms with van der Waals surface area (Å²) in [5.41, 5.74) is 2.47. The second-order valence-corrected chi connectivity index (χ2v) is 9.02. The van der Waals surface area contributed by atoms with Gasteiger partial charge in [-0.25, -0.2) is 4.98 Å². The van der Waals surface area contributed by atoms with Gasteiger partial charge in [0, 0.05) is 22.3 Å². The Hall–Kier alpha value is -3.68. The van der Waals surface area contributed by atoms with Crippen LogP contribution < -0.4 is 9.47 Å². The number of ether oxygens (including phenoxy) is 2. The predicted molar refractivity (Wildman–Crippen MR) is 124 cm³/mol. The molecule has 0 saturated carbocycles. The van der Waals surface area contributed by atoms with E-state index in [-0.39, 0.29) is 18.3 Å². The van der Waals surface area contributed by atoms with Crippen molar-refractivity contribution in [2.75, 3.05) is 12.5 Å². The molecule has 33 heavy (non-hydrogen) atoms. The molecular weight excluding hydrogens is 458 g/mol. The van der Waals surface area contributed by atoms with Crippen LogP contribution in [-0.2, 0) is 4.79 Å². The third kappa shape index (κ3) is 4.20. The fourth-order valence-electron chi connectivity index (χ4n) is 3.38. The lowest BCUT2D eigenvalue weighted by Gasteiger charge is -2.11. The van der Waals surface area contributed by atoms with Crippen molar-refractivity contribution in [3.63, 3.8) is 0 Å². The summed E-state index contributed by atoms with van der Waals surface area (Å²) in [6.07, 6.45) is 0. The number of benzene rings is 2. The highest BCUT2D eigenvalue weighted by Gasteiger charge is 2.25. The summed E-state index contributed by atoms with van der Waals surface area (Å²) in [4.78, 5) is 17.2. The number of hydrogen-bond donors (Lipinski definition) is 0. The molecule has 3 heterocycles. The van der Waals surface area contributed by atoms with Crippen molar-refractivity contribution in [2.45, 2.75) is 18.0 Å². The number of rotatable bonds is 7. The number of nitriles is 1. The van der Waals surface area contributed by atoms with Crippen molar-refractivity contribution in [3.05, 3.63) is 64.6 Å². The fraction of sp³-hybridized carbons (Fsp3) is 0.174. The fourth-order valence-corrected chi connectivity index (χ4v) is 5.10. The summed E-state index contributed by atoms with van der Waals surface area (Å²) in [7, 11) is 0. The summed E-state index contributed by atoms with van der Waals surface area (Å²) < 4.78 is 12.8. The lowest BCUT2D eigenvalue weighted by atomic mass is 10.1. The van der Waals surface area contributed by atoms with Gasteiger partial charge in [0.05, 0.1) is 11.8 Å². The highest BCUT2D eigenvalue weighted by atomic mass is 32.2. The van der Waals surface area contributed by atoms with Gasteiger partial charge in [0.1, 0.15) is 5.01 Å². The molecule has 0 aliphatic carbocycles. The van der Waals surface area contributed by atoms with E-state index < -0.39 is 5.92 Å².